The van der Waals surface area contributed by atoms with Gasteiger partial charge < -0.3 is 16.8 Å². The van der Waals surface area contributed by atoms with Crippen LogP contribution in [0.3, 0.4) is 0 Å². The van der Waals surface area contributed by atoms with Crippen molar-refractivity contribution in [1.82, 2.24) is 20.0 Å². The van der Waals surface area contributed by atoms with E-state index in [9.17, 15) is 22.8 Å². The van der Waals surface area contributed by atoms with Gasteiger partial charge in [-0.3, -0.25) is 14.5 Å². The average Bonchev–Trinajstić information content (AvgIpc) is 3.21. The molecule has 12 heteroatoms. The van der Waals surface area contributed by atoms with Crippen molar-refractivity contribution in [1.29, 1.82) is 0 Å². The summed E-state index contributed by atoms with van der Waals surface area (Å²) in [6.07, 6.45) is -0.416. The Kier molecular flexibility index (Phi) is 7.69. The summed E-state index contributed by atoms with van der Waals surface area (Å²) in [7, 11) is 0. The number of carbonyl (C=O) groups is 2. The zero-order valence-electron chi connectivity index (χ0n) is 21.8. The molecular weight excluding hydrogens is 516 g/mol. The highest BCUT2D eigenvalue weighted by atomic mass is 19.3. The van der Waals surface area contributed by atoms with Gasteiger partial charge in [0.15, 0.2) is 0 Å². The van der Waals surface area contributed by atoms with Crippen LogP contribution in [0.2, 0.25) is 0 Å². The number of amides is 2. The molecule has 39 heavy (non-hydrogen) atoms. The fourth-order valence-electron chi connectivity index (χ4n) is 4.71. The average molecular weight is 547 g/mol. The first-order valence-corrected chi connectivity index (χ1v) is 12.4. The number of anilines is 1. The molecule has 0 spiro atoms. The molecule has 0 radical (unpaired) electrons. The predicted octanol–water partition coefficient (Wildman–Crippen LogP) is 4.04. The van der Waals surface area contributed by atoms with Crippen molar-refractivity contribution in [3.8, 4) is 11.3 Å². The Balaban J connectivity index is 1.63. The van der Waals surface area contributed by atoms with Crippen molar-refractivity contribution in [2.24, 2.45) is 5.73 Å². The first kappa shape index (κ1) is 28.1. The van der Waals surface area contributed by atoms with E-state index in [-0.39, 0.29) is 59.4 Å². The number of hydrogen-bond donors (Lipinski definition) is 3. The second-order valence-corrected chi connectivity index (χ2v) is 9.98. The molecule has 1 atom stereocenters. The lowest BCUT2D eigenvalue weighted by atomic mass is 9.99. The van der Waals surface area contributed by atoms with Gasteiger partial charge in [0.2, 0.25) is 0 Å². The number of halogens is 4. The lowest BCUT2D eigenvalue weighted by molar-refractivity contribution is -0.105. The second kappa shape index (κ2) is 10.7. The number of aromatic nitrogens is 2. The fourth-order valence-corrected chi connectivity index (χ4v) is 4.71. The van der Waals surface area contributed by atoms with E-state index in [0.717, 1.165) is 16.8 Å². The molecule has 1 aromatic heterocycles. The Morgan fingerprint density at radius 3 is 2.54 bits per heavy atom. The van der Waals surface area contributed by atoms with Gasteiger partial charge >= 0.3 is 0 Å². The summed E-state index contributed by atoms with van der Waals surface area (Å²) in [5, 5.41) is 6.77. The Hall–Kier alpha value is -3.93. The van der Waals surface area contributed by atoms with Crippen molar-refractivity contribution < 1.29 is 27.2 Å². The SMILES string of the molecule is Cc1ccc(F)cc1C(=O)NCc1ccc(-c2nn(C3CN(C(C)C)CCC3(F)F)c(N)c2C(N)=O)cc1F. The van der Waals surface area contributed by atoms with Gasteiger partial charge in [-0.2, -0.15) is 5.10 Å². The van der Waals surface area contributed by atoms with E-state index in [1.807, 2.05) is 18.7 Å². The second-order valence-electron chi connectivity index (χ2n) is 9.98. The Morgan fingerprint density at radius 2 is 1.90 bits per heavy atom. The molecule has 1 aliphatic heterocycles. The topological polar surface area (TPSA) is 119 Å². The zero-order valence-corrected chi connectivity index (χ0v) is 21.8. The lowest BCUT2D eigenvalue weighted by Gasteiger charge is -2.40. The van der Waals surface area contributed by atoms with E-state index in [4.69, 9.17) is 11.5 Å². The van der Waals surface area contributed by atoms with E-state index >= 15 is 4.39 Å². The number of alkyl halides is 2. The third-order valence-corrected chi connectivity index (χ3v) is 7.06. The predicted molar refractivity (Wildman–Crippen MR) is 138 cm³/mol. The molecule has 0 aliphatic carbocycles. The number of likely N-dealkylation sites (tertiary alicyclic amines) is 1. The number of primary amides is 1. The van der Waals surface area contributed by atoms with Crippen molar-refractivity contribution in [2.45, 2.75) is 51.7 Å². The molecule has 3 aromatic rings. The molecular formula is C27H30F4N6O2. The molecule has 1 unspecified atom stereocenters. The highest BCUT2D eigenvalue weighted by Crippen LogP contribution is 2.40. The molecule has 1 saturated heterocycles. The number of piperidine rings is 1. The Bertz CT molecular complexity index is 1420. The summed E-state index contributed by atoms with van der Waals surface area (Å²) in [4.78, 5) is 26.6. The maximum absolute atomic E-state index is 15.1. The van der Waals surface area contributed by atoms with E-state index in [1.165, 1.54) is 24.3 Å². The van der Waals surface area contributed by atoms with Crippen LogP contribution in [-0.2, 0) is 6.54 Å². The number of nitrogen functional groups attached to an aromatic ring is 1. The zero-order chi connectivity index (χ0) is 28.6. The van der Waals surface area contributed by atoms with Crippen LogP contribution in [0, 0.1) is 18.6 Å². The van der Waals surface area contributed by atoms with E-state index in [1.54, 1.807) is 6.92 Å². The van der Waals surface area contributed by atoms with Crippen molar-refractivity contribution in [2.75, 3.05) is 18.8 Å². The van der Waals surface area contributed by atoms with Crippen molar-refractivity contribution in [3.05, 3.63) is 70.3 Å². The van der Waals surface area contributed by atoms with E-state index < -0.39 is 41.8 Å². The Morgan fingerprint density at radius 1 is 1.18 bits per heavy atom. The summed E-state index contributed by atoms with van der Waals surface area (Å²) in [5.74, 6) is -6.37. The van der Waals surface area contributed by atoms with Crippen LogP contribution >= 0.6 is 0 Å². The first-order valence-electron chi connectivity index (χ1n) is 12.4. The van der Waals surface area contributed by atoms with E-state index in [2.05, 4.69) is 10.4 Å². The van der Waals surface area contributed by atoms with Crippen LogP contribution in [0.5, 0.6) is 0 Å². The van der Waals surface area contributed by atoms with E-state index in [0.29, 0.717) is 5.56 Å². The number of carbonyl (C=O) groups excluding carboxylic acids is 2. The third kappa shape index (κ3) is 5.60. The quantitative estimate of drug-likeness (QED) is 0.387. The highest BCUT2D eigenvalue weighted by molar-refractivity contribution is 6.03. The van der Waals surface area contributed by atoms with Crippen LogP contribution in [-0.4, -0.2) is 51.5 Å². The van der Waals surface area contributed by atoms with Gasteiger partial charge in [0.25, 0.3) is 17.7 Å². The number of aryl methyl sites for hydroxylation is 1. The van der Waals surface area contributed by atoms with Gasteiger partial charge in [-0.1, -0.05) is 18.2 Å². The standard InChI is InChI=1S/C27H30F4N6O2/c1-14(2)36-9-8-27(30,31)21(13-36)37-24(32)22(25(33)38)23(35-37)16-5-6-17(20(29)10-16)12-34-26(39)19-11-18(28)7-4-15(19)3/h4-7,10-11,14,21H,8-9,12-13,32H2,1-3H3,(H2,33,38)(H,34,39). The maximum Gasteiger partial charge on any atom is 0.272 e. The smallest absolute Gasteiger partial charge is 0.272 e. The third-order valence-electron chi connectivity index (χ3n) is 7.06. The minimum Gasteiger partial charge on any atom is -0.383 e. The number of hydrogen-bond acceptors (Lipinski definition) is 5. The number of rotatable bonds is 7. The minimum atomic E-state index is -3.15. The molecule has 2 aromatic carbocycles. The van der Waals surface area contributed by atoms with Gasteiger partial charge in [0.1, 0.15) is 34.8 Å². The van der Waals surface area contributed by atoms with Gasteiger partial charge in [0, 0.05) is 48.8 Å². The van der Waals surface area contributed by atoms with Crippen molar-refractivity contribution >= 4 is 17.6 Å². The molecule has 208 valence electrons. The summed E-state index contributed by atoms with van der Waals surface area (Å²) in [6, 6.07) is 6.18. The molecule has 0 saturated carbocycles. The normalized spacial score (nSPS) is 17.4. The number of benzene rings is 2. The molecule has 2 heterocycles. The van der Waals surface area contributed by atoms with Gasteiger partial charge in [0.05, 0.1) is 0 Å². The number of nitrogens with zero attached hydrogens (tertiary/aromatic N) is 3. The highest BCUT2D eigenvalue weighted by Gasteiger charge is 2.47. The maximum atomic E-state index is 15.1. The molecule has 2 amide bonds. The van der Waals surface area contributed by atoms with Crippen LogP contribution in [0.25, 0.3) is 11.3 Å². The van der Waals surface area contributed by atoms with Gasteiger partial charge in [-0.25, -0.2) is 22.2 Å². The first-order chi connectivity index (χ1) is 18.3. The Labute approximate surface area is 223 Å². The molecule has 0 bridgehead atoms. The van der Waals surface area contributed by atoms with Gasteiger partial charge in [-0.05, 0) is 44.5 Å². The summed E-state index contributed by atoms with van der Waals surface area (Å²) in [6.45, 7) is 5.36. The summed E-state index contributed by atoms with van der Waals surface area (Å²) < 4.78 is 59.5. The largest absolute Gasteiger partial charge is 0.383 e. The van der Waals surface area contributed by atoms with Crippen LogP contribution < -0.4 is 16.8 Å². The van der Waals surface area contributed by atoms with Crippen LogP contribution in [0.1, 0.15) is 58.2 Å². The van der Waals surface area contributed by atoms with Crippen molar-refractivity contribution in [3.63, 3.8) is 0 Å². The van der Waals surface area contributed by atoms with Crippen LogP contribution in [0.15, 0.2) is 36.4 Å². The summed E-state index contributed by atoms with van der Waals surface area (Å²) in [5.41, 5.74) is 12.1. The molecule has 4 rings (SSSR count). The van der Waals surface area contributed by atoms with Crippen LogP contribution in [0.4, 0.5) is 23.4 Å². The molecule has 1 fully saturated rings. The van der Waals surface area contributed by atoms with Gasteiger partial charge in [-0.15, -0.1) is 0 Å². The fraction of sp³-hybridized carbons (Fsp3) is 0.370. The summed E-state index contributed by atoms with van der Waals surface area (Å²) >= 11 is 0. The number of nitrogens with one attached hydrogen (secondary N) is 1. The minimum absolute atomic E-state index is 0.00225. The number of nitrogens with two attached hydrogens (primary N) is 2. The molecule has 1 aliphatic rings. The molecule has 8 nitrogen and oxygen atoms in total. The lowest BCUT2D eigenvalue weighted by Crippen LogP contribution is -2.50. The monoisotopic (exact) mass is 546 g/mol. The molecule has 5 N–H and O–H groups in total.